The highest BCUT2D eigenvalue weighted by atomic mass is 32.2. The van der Waals surface area contributed by atoms with Gasteiger partial charge in [0.05, 0.1) is 10.5 Å². The predicted molar refractivity (Wildman–Crippen MR) is 166 cm³/mol. The molecule has 0 saturated carbocycles. The van der Waals surface area contributed by atoms with Crippen LogP contribution in [0.25, 0.3) is 22.0 Å². The van der Waals surface area contributed by atoms with Crippen LogP contribution in [0.3, 0.4) is 0 Å². The fourth-order valence-electron chi connectivity index (χ4n) is 4.65. The van der Waals surface area contributed by atoms with E-state index in [1.807, 2.05) is 42.5 Å². The quantitative estimate of drug-likeness (QED) is 0.157. The van der Waals surface area contributed by atoms with Crippen LogP contribution in [0.15, 0.2) is 102 Å². The number of nitrogens with one attached hydrogen (secondary N) is 3. The number of sulfonamides is 1. The van der Waals surface area contributed by atoms with Crippen LogP contribution in [0.2, 0.25) is 0 Å². The second-order valence-electron chi connectivity index (χ2n) is 11.1. The molecule has 0 aliphatic heterocycles. The minimum Gasteiger partial charge on any atom is -0.508 e. The van der Waals surface area contributed by atoms with Crippen LogP contribution in [0, 0.1) is 0 Å². The Morgan fingerprint density at radius 2 is 1.60 bits per heavy atom. The van der Waals surface area contributed by atoms with Gasteiger partial charge in [-0.15, -0.1) is 0 Å². The number of rotatable bonds is 8. The van der Waals surface area contributed by atoms with Gasteiger partial charge in [-0.1, -0.05) is 75.4 Å². The van der Waals surface area contributed by atoms with Gasteiger partial charge in [-0.3, -0.25) is 4.72 Å². The Morgan fingerprint density at radius 1 is 0.905 bits per heavy atom. The molecular weight excluding hydrogens is 550 g/mol. The van der Waals surface area contributed by atoms with Gasteiger partial charge in [-0.25, -0.2) is 13.2 Å². The molecule has 0 fully saturated rings. The number of hydrogen-bond acceptors (Lipinski definition) is 5. The van der Waals surface area contributed by atoms with Crippen molar-refractivity contribution in [1.82, 2.24) is 10.3 Å². The number of aromatic hydroxyl groups is 1. The van der Waals surface area contributed by atoms with Crippen LogP contribution >= 0.6 is 0 Å². The lowest BCUT2D eigenvalue weighted by Gasteiger charge is -2.19. The molecule has 8 nitrogen and oxygen atoms in total. The molecule has 1 aromatic heterocycles. The summed E-state index contributed by atoms with van der Waals surface area (Å²) >= 11 is 0. The Bertz CT molecular complexity index is 1810. The summed E-state index contributed by atoms with van der Waals surface area (Å²) in [6.45, 7) is 6.56. The molecule has 0 radical (unpaired) electrons. The van der Waals surface area contributed by atoms with Gasteiger partial charge in [0.2, 0.25) is 5.88 Å². The van der Waals surface area contributed by atoms with E-state index in [4.69, 9.17) is 4.74 Å². The Labute approximate surface area is 245 Å². The van der Waals surface area contributed by atoms with Gasteiger partial charge in [-0.2, -0.15) is 0 Å². The molecule has 216 valence electrons. The summed E-state index contributed by atoms with van der Waals surface area (Å²) in [5, 5.41) is 12.9. The third kappa shape index (κ3) is 6.58. The van der Waals surface area contributed by atoms with Crippen molar-refractivity contribution in [3.63, 3.8) is 0 Å². The van der Waals surface area contributed by atoms with Crippen molar-refractivity contribution in [2.75, 3.05) is 11.3 Å². The highest BCUT2D eigenvalue weighted by Gasteiger charge is 2.21. The average Bonchev–Trinajstić information content (AvgIpc) is 3.31. The minimum absolute atomic E-state index is 0.0909. The van der Waals surface area contributed by atoms with Crippen molar-refractivity contribution >= 4 is 32.7 Å². The predicted octanol–water partition coefficient (Wildman–Crippen LogP) is 6.97. The first-order valence-corrected chi connectivity index (χ1v) is 15.1. The van der Waals surface area contributed by atoms with Crippen LogP contribution in [0.5, 0.6) is 11.6 Å². The largest absolute Gasteiger partial charge is 0.508 e. The number of ether oxygens (including phenoxy) is 1. The van der Waals surface area contributed by atoms with Crippen LogP contribution in [0.4, 0.5) is 10.5 Å². The van der Waals surface area contributed by atoms with Gasteiger partial charge < -0.3 is 20.1 Å². The smallest absolute Gasteiger partial charge is 0.413 e. The minimum atomic E-state index is -3.84. The van der Waals surface area contributed by atoms with Crippen molar-refractivity contribution < 1.29 is 23.1 Å². The zero-order valence-electron chi connectivity index (χ0n) is 23.6. The van der Waals surface area contributed by atoms with E-state index in [2.05, 4.69) is 35.8 Å². The molecule has 4 N–H and O–H groups in total. The highest BCUT2D eigenvalue weighted by Crippen LogP contribution is 2.39. The first-order valence-electron chi connectivity index (χ1n) is 13.6. The SMILES string of the molecule is CC(C)(C)c1ccc(S(=O)(=O)Nc2ccc3[nH]c(OC(=O)NCCc4ccc(O)cc4)c(-c4ccccc4)c3c2)cc1. The lowest BCUT2D eigenvalue weighted by Crippen LogP contribution is -2.29. The summed E-state index contributed by atoms with van der Waals surface area (Å²) in [4.78, 5) is 16.1. The second-order valence-corrected chi connectivity index (χ2v) is 12.8. The normalized spacial score (nSPS) is 11.8. The molecule has 0 aliphatic rings. The van der Waals surface area contributed by atoms with E-state index in [9.17, 15) is 18.3 Å². The van der Waals surface area contributed by atoms with E-state index in [1.54, 1.807) is 54.6 Å². The number of phenolic OH excluding ortho intramolecular Hbond substituents is 1. The first-order chi connectivity index (χ1) is 20.0. The molecule has 0 bridgehead atoms. The van der Waals surface area contributed by atoms with Crippen LogP contribution < -0.4 is 14.8 Å². The maximum Gasteiger partial charge on any atom is 0.413 e. The molecule has 0 saturated heterocycles. The number of fused-ring (bicyclic) bond motifs is 1. The summed E-state index contributed by atoms with van der Waals surface area (Å²) in [6, 6.07) is 28.2. The van der Waals surface area contributed by atoms with E-state index in [-0.39, 0.29) is 21.9 Å². The van der Waals surface area contributed by atoms with Gasteiger partial charge in [0, 0.05) is 23.1 Å². The molecular formula is C33H33N3O5S. The number of phenols is 1. The first kappa shape index (κ1) is 28.8. The summed E-state index contributed by atoms with van der Waals surface area (Å²) in [5.41, 5.74) is 4.40. The number of carbonyl (C=O) groups is 1. The van der Waals surface area contributed by atoms with Crippen LogP contribution in [-0.2, 0) is 21.9 Å². The topological polar surface area (TPSA) is 121 Å². The highest BCUT2D eigenvalue weighted by molar-refractivity contribution is 7.92. The summed E-state index contributed by atoms with van der Waals surface area (Å²) in [7, 11) is -3.84. The molecule has 1 amide bonds. The molecule has 0 unspecified atom stereocenters. The number of amides is 1. The number of aromatic amines is 1. The Morgan fingerprint density at radius 3 is 2.26 bits per heavy atom. The molecule has 0 atom stereocenters. The van der Waals surface area contributed by atoms with Gasteiger partial charge in [0.25, 0.3) is 10.0 Å². The number of benzene rings is 4. The maximum absolute atomic E-state index is 13.2. The van der Waals surface area contributed by atoms with Crippen molar-refractivity contribution in [2.45, 2.75) is 37.5 Å². The molecule has 0 aliphatic carbocycles. The average molecular weight is 584 g/mol. The van der Waals surface area contributed by atoms with Crippen LogP contribution in [-0.4, -0.2) is 31.1 Å². The summed E-state index contributed by atoms with van der Waals surface area (Å²) in [6.07, 6.45) is -0.0621. The van der Waals surface area contributed by atoms with Gasteiger partial charge in [0.1, 0.15) is 5.75 Å². The van der Waals surface area contributed by atoms with Crippen molar-refractivity contribution in [3.8, 4) is 22.8 Å². The van der Waals surface area contributed by atoms with Crippen LogP contribution in [0.1, 0.15) is 31.9 Å². The lowest BCUT2D eigenvalue weighted by molar-refractivity contribution is 0.199. The third-order valence-corrected chi connectivity index (χ3v) is 8.32. The number of anilines is 1. The molecule has 42 heavy (non-hydrogen) atoms. The number of carbonyl (C=O) groups excluding carboxylic acids is 1. The molecule has 5 aromatic rings. The van der Waals surface area contributed by atoms with E-state index >= 15 is 0 Å². The Hall–Kier alpha value is -4.76. The third-order valence-electron chi connectivity index (χ3n) is 6.92. The standard InChI is InChI=1S/C33H33N3O5S/c1-33(2,3)24-11-16-27(17-12-24)42(39,40)36-25-13-18-29-28(21-25)30(23-7-5-4-6-8-23)31(35-29)41-32(38)34-20-19-22-9-14-26(37)15-10-22/h4-18,21,35-37H,19-20H2,1-3H3,(H,34,38). The summed E-state index contributed by atoms with van der Waals surface area (Å²) in [5.74, 6) is 0.431. The fourth-order valence-corrected chi connectivity index (χ4v) is 5.70. The lowest BCUT2D eigenvalue weighted by atomic mass is 9.87. The van der Waals surface area contributed by atoms with E-state index in [1.165, 1.54) is 0 Å². The molecule has 0 spiro atoms. The van der Waals surface area contributed by atoms with Crippen molar-refractivity contribution in [1.29, 1.82) is 0 Å². The maximum atomic E-state index is 13.2. The Kier molecular flexibility index (Phi) is 7.95. The van der Waals surface area contributed by atoms with E-state index in [0.717, 1.165) is 16.7 Å². The Balaban J connectivity index is 1.39. The molecule has 4 aromatic carbocycles. The van der Waals surface area contributed by atoms with Crippen molar-refractivity contribution in [3.05, 3.63) is 108 Å². The summed E-state index contributed by atoms with van der Waals surface area (Å²) < 4.78 is 34.8. The van der Waals surface area contributed by atoms with Gasteiger partial charge in [-0.05, 0) is 71.0 Å². The zero-order chi connectivity index (χ0) is 29.9. The van der Waals surface area contributed by atoms with Gasteiger partial charge in [0.15, 0.2) is 0 Å². The number of hydrogen-bond donors (Lipinski definition) is 4. The fraction of sp³-hybridized carbons (Fsp3) is 0.182. The molecule has 9 heteroatoms. The zero-order valence-corrected chi connectivity index (χ0v) is 24.5. The van der Waals surface area contributed by atoms with Gasteiger partial charge >= 0.3 is 6.09 Å². The number of aromatic nitrogens is 1. The molecule has 5 rings (SSSR count). The molecule has 1 heterocycles. The monoisotopic (exact) mass is 583 g/mol. The van der Waals surface area contributed by atoms with Crippen molar-refractivity contribution in [2.24, 2.45) is 0 Å². The van der Waals surface area contributed by atoms with E-state index < -0.39 is 16.1 Å². The number of H-pyrrole nitrogens is 1. The van der Waals surface area contributed by atoms with E-state index in [0.29, 0.717) is 35.1 Å². The second kappa shape index (κ2) is 11.6.